The zero-order chi connectivity index (χ0) is 12.8. The number of hydrogen-bond donors (Lipinski definition) is 2. The van der Waals surface area contributed by atoms with Gasteiger partial charge in [0.05, 0.1) is 0 Å². The molecule has 0 saturated carbocycles. The average Bonchev–Trinajstić information content (AvgIpc) is 2.27. The molecule has 0 bridgehead atoms. The van der Waals surface area contributed by atoms with Gasteiger partial charge in [0, 0.05) is 19.6 Å². The van der Waals surface area contributed by atoms with Gasteiger partial charge < -0.3 is 15.5 Å². The van der Waals surface area contributed by atoms with Crippen LogP contribution < -0.4 is 10.6 Å². The predicted octanol–water partition coefficient (Wildman–Crippen LogP) is 2.12. The lowest BCUT2D eigenvalue weighted by atomic mass is 10.0. The highest BCUT2D eigenvalue weighted by Gasteiger charge is 2.14. The fraction of sp³-hybridized carbons (Fsp3) is 0.615. The molecule has 0 aliphatic carbocycles. The maximum Gasteiger partial charge on any atom is 0.128 e. The van der Waals surface area contributed by atoms with Crippen LogP contribution in [0.3, 0.4) is 0 Å². The average molecular weight is 236 g/mol. The van der Waals surface area contributed by atoms with Crippen molar-refractivity contribution in [3.63, 3.8) is 0 Å². The molecule has 0 saturated heterocycles. The molecule has 1 unspecified atom stereocenters. The standard InChI is InChI=1S/C13H24N4/c1-10(2)11(9-17(4)5)15-13-8-6-7-12(14-3)16-13/h6-8,10-11H,9H2,1-5H3,(H2,14,15,16). The Hall–Kier alpha value is -1.29. The molecule has 1 atom stereocenters. The number of aromatic nitrogens is 1. The van der Waals surface area contributed by atoms with Crippen LogP contribution in [0.15, 0.2) is 18.2 Å². The second-order valence-electron chi connectivity index (χ2n) is 4.92. The van der Waals surface area contributed by atoms with Crippen molar-refractivity contribution in [1.29, 1.82) is 0 Å². The van der Waals surface area contributed by atoms with E-state index in [1.807, 2.05) is 25.2 Å². The van der Waals surface area contributed by atoms with Crippen LogP contribution in [0.25, 0.3) is 0 Å². The fourth-order valence-electron chi connectivity index (χ4n) is 1.66. The van der Waals surface area contributed by atoms with E-state index in [2.05, 4.69) is 48.5 Å². The smallest absolute Gasteiger partial charge is 0.128 e. The van der Waals surface area contributed by atoms with Gasteiger partial charge in [0.2, 0.25) is 0 Å². The first kappa shape index (κ1) is 13.8. The molecule has 1 aromatic heterocycles. The summed E-state index contributed by atoms with van der Waals surface area (Å²) in [5, 5.41) is 6.54. The minimum atomic E-state index is 0.407. The Morgan fingerprint density at radius 2 is 1.88 bits per heavy atom. The number of rotatable bonds is 6. The van der Waals surface area contributed by atoms with Gasteiger partial charge in [-0.25, -0.2) is 4.98 Å². The van der Waals surface area contributed by atoms with Gasteiger partial charge in [0.15, 0.2) is 0 Å². The van der Waals surface area contributed by atoms with Gasteiger partial charge in [-0.2, -0.15) is 0 Å². The molecule has 2 N–H and O–H groups in total. The van der Waals surface area contributed by atoms with E-state index in [0.717, 1.165) is 18.2 Å². The van der Waals surface area contributed by atoms with Crippen LogP contribution in [0, 0.1) is 5.92 Å². The van der Waals surface area contributed by atoms with E-state index < -0.39 is 0 Å². The molecule has 4 nitrogen and oxygen atoms in total. The van der Waals surface area contributed by atoms with E-state index >= 15 is 0 Å². The summed E-state index contributed by atoms with van der Waals surface area (Å²) in [6.45, 7) is 5.45. The Balaban J connectivity index is 2.71. The quantitative estimate of drug-likeness (QED) is 0.794. The minimum absolute atomic E-state index is 0.407. The highest BCUT2D eigenvalue weighted by molar-refractivity contribution is 5.45. The summed E-state index contributed by atoms with van der Waals surface area (Å²) >= 11 is 0. The lowest BCUT2D eigenvalue weighted by molar-refractivity contribution is 0.344. The van der Waals surface area contributed by atoms with Crippen molar-refractivity contribution < 1.29 is 0 Å². The molecule has 1 heterocycles. The van der Waals surface area contributed by atoms with Gasteiger partial charge >= 0.3 is 0 Å². The molecule has 1 rings (SSSR count). The lowest BCUT2D eigenvalue weighted by Crippen LogP contribution is -2.36. The second kappa shape index (κ2) is 6.45. The summed E-state index contributed by atoms with van der Waals surface area (Å²) in [4.78, 5) is 6.67. The van der Waals surface area contributed by atoms with Crippen molar-refractivity contribution in [3.05, 3.63) is 18.2 Å². The SMILES string of the molecule is CNc1cccc(NC(CN(C)C)C(C)C)n1. The van der Waals surface area contributed by atoms with Crippen LogP contribution in [-0.2, 0) is 0 Å². The normalized spacial score (nSPS) is 12.9. The Labute approximate surface area is 104 Å². The Morgan fingerprint density at radius 3 is 2.41 bits per heavy atom. The van der Waals surface area contributed by atoms with E-state index in [0.29, 0.717) is 12.0 Å². The molecule has 1 aromatic rings. The summed E-state index contributed by atoms with van der Waals surface area (Å²) in [6, 6.07) is 6.38. The fourth-order valence-corrected chi connectivity index (χ4v) is 1.66. The first-order valence-corrected chi connectivity index (χ1v) is 6.09. The molecule has 0 aliphatic rings. The number of nitrogens with one attached hydrogen (secondary N) is 2. The molecule has 0 radical (unpaired) electrons. The van der Waals surface area contributed by atoms with E-state index in [9.17, 15) is 0 Å². The molecule has 0 amide bonds. The molecule has 0 spiro atoms. The van der Waals surface area contributed by atoms with Crippen molar-refractivity contribution in [3.8, 4) is 0 Å². The molecular weight excluding hydrogens is 212 g/mol. The molecule has 0 fully saturated rings. The predicted molar refractivity (Wildman–Crippen MR) is 74.6 cm³/mol. The van der Waals surface area contributed by atoms with Crippen molar-refractivity contribution in [2.75, 3.05) is 38.3 Å². The first-order chi connectivity index (χ1) is 8.02. The van der Waals surface area contributed by atoms with Crippen molar-refractivity contribution in [2.24, 2.45) is 5.92 Å². The third kappa shape index (κ3) is 4.61. The molecule has 0 aromatic carbocycles. The third-order valence-electron chi connectivity index (χ3n) is 2.71. The summed E-state index contributed by atoms with van der Waals surface area (Å²) < 4.78 is 0. The lowest BCUT2D eigenvalue weighted by Gasteiger charge is -2.26. The van der Waals surface area contributed by atoms with Gasteiger partial charge in [-0.05, 0) is 32.1 Å². The van der Waals surface area contributed by atoms with Gasteiger partial charge in [-0.3, -0.25) is 0 Å². The first-order valence-electron chi connectivity index (χ1n) is 6.09. The van der Waals surface area contributed by atoms with Crippen LogP contribution in [0.5, 0.6) is 0 Å². The Morgan fingerprint density at radius 1 is 1.24 bits per heavy atom. The summed E-state index contributed by atoms with van der Waals surface area (Å²) in [5.41, 5.74) is 0. The van der Waals surface area contributed by atoms with Gasteiger partial charge in [0.25, 0.3) is 0 Å². The van der Waals surface area contributed by atoms with Crippen LogP contribution in [-0.4, -0.2) is 43.6 Å². The molecular formula is C13H24N4. The van der Waals surface area contributed by atoms with Crippen molar-refractivity contribution in [2.45, 2.75) is 19.9 Å². The van der Waals surface area contributed by atoms with Gasteiger partial charge in [-0.15, -0.1) is 0 Å². The van der Waals surface area contributed by atoms with Crippen LogP contribution in [0.4, 0.5) is 11.6 Å². The van der Waals surface area contributed by atoms with Crippen LogP contribution in [0.1, 0.15) is 13.8 Å². The zero-order valence-electron chi connectivity index (χ0n) is 11.5. The molecule has 17 heavy (non-hydrogen) atoms. The van der Waals surface area contributed by atoms with E-state index in [1.54, 1.807) is 0 Å². The monoisotopic (exact) mass is 236 g/mol. The maximum absolute atomic E-state index is 4.48. The Bertz CT molecular complexity index is 336. The number of nitrogens with zero attached hydrogens (tertiary/aromatic N) is 2. The highest BCUT2D eigenvalue weighted by Crippen LogP contribution is 2.13. The minimum Gasteiger partial charge on any atom is -0.373 e. The Kier molecular flexibility index (Phi) is 5.22. The molecule has 96 valence electrons. The number of anilines is 2. The van der Waals surface area contributed by atoms with Crippen LogP contribution in [0.2, 0.25) is 0 Å². The van der Waals surface area contributed by atoms with Crippen molar-refractivity contribution in [1.82, 2.24) is 9.88 Å². The largest absolute Gasteiger partial charge is 0.373 e. The van der Waals surface area contributed by atoms with Crippen molar-refractivity contribution >= 4 is 11.6 Å². The molecule has 4 heteroatoms. The number of hydrogen-bond acceptors (Lipinski definition) is 4. The van der Waals surface area contributed by atoms with E-state index in [4.69, 9.17) is 0 Å². The summed E-state index contributed by atoms with van der Waals surface area (Å²) in [5.74, 6) is 2.39. The van der Waals surface area contributed by atoms with Gasteiger partial charge in [-0.1, -0.05) is 19.9 Å². The number of pyridine rings is 1. The summed E-state index contributed by atoms with van der Waals surface area (Å²) in [6.07, 6.45) is 0. The zero-order valence-corrected chi connectivity index (χ0v) is 11.5. The highest BCUT2D eigenvalue weighted by atomic mass is 15.1. The second-order valence-corrected chi connectivity index (χ2v) is 4.92. The van der Waals surface area contributed by atoms with E-state index in [-0.39, 0.29) is 0 Å². The van der Waals surface area contributed by atoms with E-state index in [1.165, 1.54) is 0 Å². The topological polar surface area (TPSA) is 40.2 Å². The summed E-state index contributed by atoms with van der Waals surface area (Å²) in [7, 11) is 6.06. The third-order valence-corrected chi connectivity index (χ3v) is 2.71. The van der Waals surface area contributed by atoms with Crippen LogP contribution >= 0.6 is 0 Å². The van der Waals surface area contributed by atoms with Gasteiger partial charge in [0.1, 0.15) is 11.6 Å². The molecule has 0 aliphatic heterocycles. The maximum atomic E-state index is 4.48. The number of likely N-dealkylation sites (N-methyl/N-ethyl adjacent to an activating group) is 1.